The van der Waals surface area contributed by atoms with Gasteiger partial charge in [-0.05, 0) is 24.1 Å². The zero-order chi connectivity index (χ0) is 13.8. The van der Waals surface area contributed by atoms with Gasteiger partial charge in [-0.2, -0.15) is 0 Å². The van der Waals surface area contributed by atoms with Crippen LogP contribution in [0, 0.1) is 0 Å². The number of sulfonamides is 1. The Kier molecular flexibility index (Phi) is 4.89. The molecule has 0 bridgehead atoms. The van der Waals surface area contributed by atoms with Gasteiger partial charge < -0.3 is 0 Å². The highest BCUT2D eigenvalue weighted by atomic mass is 32.2. The Bertz CT molecular complexity index is 588. The summed E-state index contributed by atoms with van der Waals surface area (Å²) in [5.41, 5.74) is 0.724. The summed E-state index contributed by atoms with van der Waals surface area (Å²) < 4.78 is 47.8. The van der Waals surface area contributed by atoms with Gasteiger partial charge in [-0.25, -0.2) is 21.6 Å². The van der Waals surface area contributed by atoms with Gasteiger partial charge in [-0.1, -0.05) is 19.1 Å². The SMILES string of the molecule is CCCS(=O)(=O)NCc1ccc(S(C)(=O)=O)cc1. The van der Waals surface area contributed by atoms with E-state index < -0.39 is 19.9 Å². The smallest absolute Gasteiger partial charge is 0.211 e. The highest BCUT2D eigenvalue weighted by Gasteiger charge is 2.09. The highest BCUT2D eigenvalue weighted by Crippen LogP contribution is 2.10. The van der Waals surface area contributed by atoms with Crippen molar-refractivity contribution in [3.05, 3.63) is 29.8 Å². The monoisotopic (exact) mass is 291 g/mol. The molecule has 1 rings (SSSR count). The molecule has 5 nitrogen and oxygen atoms in total. The minimum Gasteiger partial charge on any atom is -0.224 e. The Labute approximate surface area is 108 Å². The lowest BCUT2D eigenvalue weighted by Gasteiger charge is -2.06. The number of sulfone groups is 1. The van der Waals surface area contributed by atoms with E-state index in [1.165, 1.54) is 12.1 Å². The van der Waals surface area contributed by atoms with Gasteiger partial charge in [0, 0.05) is 12.8 Å². The zero-order valence-corrected chi connectivity index (χ0v) is 12.0. The molecule has 0 aliphatic carbocycles. The molecule has 18 heavy (non-hydrogen) atoms. The van der Waals surface area contributed by atoms with Crippen LogP contribution in [0.1, 0.15) is 18.9 Å². The molecule has 7 heteroatoms. The third-order valence-electron chi connectivity index (χ3n) is 2.32. The van der Waals surface area contributed by atoms with Gasteiger partial charge in [0.1, 0.15) is 0 Å². The minimum atomic E-state index is -3.24. The number of rotatable bonds is 6. The topological polar surface area (TPSA) is 80.3 Å². The lowest BCUT2D eigenvalue weighted by atomic mass is 10.2. The normalized spacial score (nSPS) is 12.6. The molecule has 1 aromatic carbocycles. The molecule has 0 radical (unpaired) electrons. The summed E-state index contributed by atoms with van der Waals surface area (Å²) in [6.07, 6.45) is 1.69. The summed E-state index contributed by atoms with van der Waals surface area (Å²) in [6.45, 7) is 1.96. The molecule has 0 amide bonds. The molecule has 0 aliphatic heterocycles. The molecule has 1 aromatic rings. The summed E-state index contributed by atoms with van der Waals surface area (Å²) >= 11 is 0. The Balaban J connectivity index is 2.71. The Morgan fingerprint density at radius 2 is 1.61 bits per heavy atom. The molecule has 0 aromatic heterocycles. The van der Waals surface area contributed by atoms with E-state index in [0.717, 1.165) is 11.8 Å². The molecular weight excluding hydrogens is 274 g/mol. The van der Waals surface area contributed by atoms with Gasteiger partial charge >= 0.3 is 0 Å². The quantitative estimate of drug-likeness (QED) is 0.845. The van der Waals surface area contributed by atoms with Crippen molar-refractivity contribution in [2.75, 3.05) is 12.0 Å². The maximum absolute atomic E-state index is 11.4. The van der Waals surface area contributed by atoms with Gasteiger partial charge in [0.2, 0.25) is 10.0 Å². The first-order chi connectivity index (χ1) is 8.24. The van der Waals surface area contributed by atoms with Crippen molar-refractivity contribution in [2.45, 2.75) is 24.8 Å². The average molecular weight is 291 g/mol. The predicted octanol–water partition coefficient (Wildman–Crippen LogP) is 0.919. The van der Waals surface area contributed by atoms with Gasteiger partial charge in [-0.15, -0.1) is 0 Å². The molecule has 0 aliphatic rings. The van der Waals surface area contributed by atoms with Crippen LogP contribution in [-0.2, 0) is 26.4 Å². The maximum atomic E-state index is 11.4. The van der Waals surface area contributed by atoms with Crippen molar-refractivity contribution in [1.82, 2.24) is 4.72 Å². The molecule has 0 atom stereocenters. The molecule has 0 unspecified atom stereocenters. The average Bonchev–Trinajstić information content (AvgIpc) is 2.26. The van der Waals surface area contributed by atoms with Crippen molar-refractivity contribution < 1.29 is 16.8 Å². The van der Waals surface area contributed by atoms with Crippen molar-refractivity contribution in [1.29, 1.82) is 0 Å². The fourth-order valence-electron chi connectivity index (χ4n) is 1.39. The van der Waals surface area contributed by atoms with Gasteiger partial charge in [0.05, 0.1) is 10.6 Å². The van der Waals surface area contributed by atoms with Crippen LogP contribution < -0.4 is 4.72 Å². The van der Waals surface area contributed by atoms with E-state index in [-0.39, 0.29) is 17.2 Å². The molecule has 1 N–H and O–H groups in total. The van der Waals surface area contributed by atoms with Crippen LogP contribution in [-0.4, -0.2) is 28.8 Å². The van der Waals surface area contributed by atoms with Crippen LogP contribution >= 0.6 is 0 Å². The van der Waals surface area contributed by atoms with Crippen LogP contribution in [0.5, 0.6) is 0 Å². The molecule has 0 spiro atoms. The summed E-state index contributed by atoms with van der Waals surface area (Å²) in [6, 6.07) is 6.15. The Hall–Kier alpha value is -0.920. The van der Waals surface area contributed by atoms with E-state index in [0.29, 0.717) is 6.42 Å². The van der Waals surface area contributed by atoms with Crippen molar-refractivity contribution in [3.63, 3.8) is 0 Å². The van der Waals surface area contributed by atoms with Crippen LogP contribution in [0.3, 0.4) is 0 Å². The second kappa shape index (κ2) is 5.81. The van der Waals surface area contributed by atoms with Crippen molar-refractivity contribution in [2.24, 2.45) is 0 Å². The first kappa shape index (κ1) is 15.1. The van der Waals surface area contributed by atoms with Crippen LogP contribution in [0.25, 0.3) is 0 Å². The van der Waals surface area contributed by atoms with Gasteiger partial charge in [-0.3, -0.25) is 0 Å². The van der Waals surface area contributed by atoms with E-state index >= 15 is 0 Å². The number of hydrogen-bond donors (Lipinski definition) is 1. The van der Waals surface area contributed by atoms with Crippen molar-refractivity contribution in [3.8, 4) is 0 Å². The fraction of sp³-hybridized carbons (Fsp3) is 0.455. The zero-order valence-electron chi connectivity index (χ0n) is 10.4. The van der Waals surface area contributed by atoms with Crippen LogP contribution in [0.2, 0.25) is 0 Å². The molecule has 0 saturated carbocycles. The summed E-state index contributed by atoms with van der Waals surface area (Å²) in [4.78, 5) is 0.225. The van der Waals surface area contributed by atoms with Gasteiger partial charge in [0.15, 0.2) is 9.84 Å². The largest absolute Gasteiger partial charge is 0.224 e. The van der Waals surface area contributed by atoms with Crippen LogP contribution in [0.4, 0.5) is 0 Å². The van der Waals surface area contributed by atoms with E-state index in [9.17, 15) is 16.8 Å². The maximum Gasteiger partial charge on any atom is 0.211 e. The lowest BCUT2D eigenvalue weighted by Crippen LogP contribution is -2.25. The van der Waals surface area contributed by atoms with Crippen LogP contribution in [0.15, 0.2) is 29.2 Å². The standard InChI is InChI=1S/C11H17NO4S2/c1-3-8-18(15,16)12-9-10-4-6-11(7-5-10)17(2,13)14/h4-7,12H,3,8-9H2,1-2H3. The van der Waals surface area contributed by atoms with E-state index in [1.54, 1.807) is 19.1 Å². The molecule has 102 valence electrons. The molecular formula is C11H17NO4S2. The third kappa shape index (κ3) is 4.75. The Morgan fingerprint density at radius 3 is 2.06 bits per heavy atom. The Morgan fingerprint density at radius 1 is 1.06 bits per heavy atom. The lowest BCUT2D eigenvalue weighted by molar-refractivity contribution is 0.579. The minimum absolute atomic E-state index is 0.0917. The number of benzene rings is 1. The van der Waals surface area contributed by atoms with E-state index in [2.05, 4.69) is 4.72 Å². The summed E-state index contributed by atoms with van der Waals surface area (Å²) in [5, 5.41) is 0. The van der Waals surface area contributed by atoms with Gasteiger partial charge in [0.25, 0.3) is 0 Å². The summed E-state index contributed by atoms with van der Waals surface area (Å²) in [5.74, 6) is 0.0917. The molecule has 0 saturated heterocycles. The summed E-state index contributed by atoms with van der Waals surface area (Å²) in [7, 11) is -6.45. The predicted molar refractivity (Wildman–Crippen MR) is 70.5 cm³/mol. The van der Waals surface area contributed by atoms with E-state index in [1.807, 2.05) is 0 Å². The first-order valence-corrected chi connectivity index (χ1v) is 9.05. The third-order valence-corrected chi connectivity index (χ3v) is 4.98. The fourth-order valence-corrected chi connectivity index (χ4v) is 3.09. The van der Waals surface area contributed by atoms with Crippen molar-refractivity contribution >= 4 is 19.9 Å². The number of nitrogens with one attached hydrogen (secondary N) is 1. The second-order valence-electron chi connectivity index (χ2n) is 4.06. The highest BCUT2D eigenvalue weighted by molar-refractivity contribution is 7.90. The molecule has 0 heterocycles. The van der Waals surface area contributed by atoms with E-state index in [4.69, 9.17) is 0 Å². The second-order valence-corrected chi connectivity index (χ2v) is 8.00. The number of hydrogen-bond acceptors (Lipinski definition) is 4. The first-order valence-electron chi connectivity index (χ1n) is 5.51. The molecule has 0 fully saturated rings.